The first-order chi connectivity index (χ1) is 12.7. The number of nitrogens with zero attached hydrogens (tertiary/aromatic N) is 1. The van der Waals surface area contributed by atoms with Crippen LogP contribution in [0.4, 0.5) is 0 Å². The predicted molar refractivity (Wildman–Crippen MR) is 98.5 cm³/mol. The summed E-state index contributed by atoms with van der Waals surface area (Å²) in [6.07, 6.45) is 2.76. The fraction of sp³-hybridized carbons (Fsp3) is 0.381. The molecule has 0 unspecified atom stereocenters. The molecule has 0 fully saturated rings. The van der Waals surface area contributed by atoms with Gasteiger partial charge in [-0.05, 0) is 53.3 Å². The summed E-state index contributed by atoms with van der Waals surface area (Å²) < 4.78 is 16.3. The van der Waals surface area contributed by atoms with Gasteiger partial charge in [-0.15, -0.1) is 0 Å². The van der Waals surface area contributed by atoms with E-state index in [4.69, 9.17) is 14.2 Å². The van der Waals surface area contributed by atoms with Crippen LogP contribution in [0.1, 0.15) is 38.7 Å². The Kier molecular flexibility index (Phi) is 4.32. The maximum atomic E-state index is 11.6. The van der Waals surface area contributed by atoms with Crippen LogP contribution in [0.2, 0.25) is 0 Å². The number of benzene rings is 2. The summed E-state index contributed by atoms with van der Waals surface area (Å²) in [4.78, 5) is 14.1. The molecule has 0 aromatic heterocycles. The van der Waals surface area contributed by atoms with Crippen LogP contribution in [0.5, 0.6) is 17.2 Å². The molecule has 0 bridgehead atoms. The van der Waals surface area contributed by atoms with E-state index in [9.17, 15) is 4.79 Å². The molecule has 5 nitrogen and oxygen atoms in total. The summed E-state index contributed by atoms with van der Waals surface area (Å²) >= 11 is 0. The number of aldehydes is 1. The van der Waals surface area contributed by atoms with E-state index >= 15 is 0 Å². The van der Waals surface area contributed by atoms with E-state index in [1.807, 2.05) is 6.07 Å². The lowest BCUT2D eigenvalue weighted by Crippen LogP contribution is -2.39. The van der Waals surface area contributed by atoms with Crippen molar-refractivity contribution in [3.05, 3.63) is 52.1 Å². The third-order valence-electron chi connectivity index (χ3n) is 5.64. The Balaban J connectivity index is 1.78. The number of ether oxygens (including phenoxy) is 3. The molecule has 0 spiro atoms. The molecular formula is C21H23NO4. The monoisotopic (exact) mass is 353 g/mol. The maximum absolute atomic E-state index is 11.6. The van der Waals surface area contributed by atoms with Gasteiger partial charge in [0.25, 0.3) is 0 Å². The summed E-state index contributed by atoms with van der Waals surface area (Å²) in [5, 5.41) is 0. The summed E-state index contributed by atoms with van der Waals surface area (Å²) in [5.74, 6) is 2.20. The van der Waals surface area contributed by atoms with E-state index in [0.29, 0.717) is 17.4 Å². The lowest BCUT2D eigenvalue weighted by molar-refractivity contribution is 0.111. The van der Waals surface area contributed by atoms with Crippen molar-refractivity contribution >= 4 is 6.29 Å². The van der Waals surface area contributed by atoms with E-state index < -0.39 is 0 Å². The molecule has 0 N–H and O–H groups in total. The molecule has 0 saturated heterocycles. The molecule has 2 aromatic carbocycles. The van der Waals surface area contributed by atoms with Gasteiger partial charge in [-0.3, -0.25) is 9.69 Å². The fourth-order valence-corrected chi connectivity index (χ4v) is 4.29. The largest absolute Gasteiger partial charge is 0.496 e. The van der Waals surface area contributed by atoms with Crippen LogP contribution in [-0.4, -0.2) is 39.1 Å². The number of methoxy groups -OCH3 is 3. The van der Waals surface area contributed by atoms with Crippen molar-refractivity contribution in [3.8, 4) is 17.2 Å². The van der Waals surface area contributed by atoms with Crippen LogP contribution in [0.3, 0.4) is 0 Å². The lowest BCUT2D eigenvalue weighted by Gasteiger charge is -2.42. The molecule has 0 radical (unpaired) electrons. The predicted octanol–water partition coefficient (Wildman–Crippen LogP) is 3.18. The molecule has 2 aliphatic rings. The van der Waals surface area contributed by atoms with Crippen LogP contribution in [0.15, 0.2) is 24.3 Å². The van der Waals surface area contributed by atoms with Crippen LogP contribution < -0.4 is 14.2 Å². The van der Waals surface area contributed by atoms with Gasteiger partial charge >= 0.3 is 0 Å². The molecule has 136 valence electrons. The Labute approximate surface area is 153 Å². The average Bonchev–Trinajstić information content (AvgIpc) is 2.70. The van der Waals surface area contributed by atoms with Gasteiger partial charge in [-0.25, -0.2) is 0 Å². The van der Waals surface area contributed by atoms with Crippen molar-refractivity contribution in [2.24, 2.45) is 0 Å². The highest BCUT2D eigenvalue weighted by Crippen LogP contribution is 2.43. The molecule has 26 heavy (non-hydrogen) atoms. The van der Waals surface area contributed by atoms with Gasteiger partial charge in [-0.1, -0.05) is 6.07 Å². The third-order valence-corrected chi connectivity index (χ3v) is 5.64. The molecule has 1 atom stereocenters. The molecular weight excluding hydrogens is 330 g/mol. The van der Waals surface area contributed by atoms with E-state index in [1.165, 1.54) is 16.7 Å². The number of rotatable bonds is 4. The third kappa shape index (κ3) is 2.54. The van der Waals surface area contributed by atoms with E-state index in [0.717, 1.165) is 49.3 Å². The lowest BCUT2D eigenvalue weighted by atomic mass is 9.82. The zero-order valence-corrected chi connectivity index (χ0v) is 15.4. The number of fused-ring (bicyclic) bond motifs is 4. The second kappa shape index (κ2) is 6.65. The standard InChI is InChI=1S/C21H23NO4/c1-24-19-5-4-13-8-18-15-10-21(26-3)20(25-2)9-14(15)6-7-22(18)11-16(13)17(19)12-23/h4-5,9-10,12,18H,6-8,11H2,1-3H3/t18-/m0/s1. The average molecular weight is 353 g/mol. The Morgan fingerprint density at radius 3 is 2.42 bits per heavy atom. The highest BCUT2D eigenvalue weighted by Gasteiger charge is 2.34. The van der Waals surface area contributed by atoms with Crippen LogP contribution in [-0.2, 0) is 19.4 Å². The van der Waals surface area contributed by atoms with Gasteiger partial charge in [-0.2, -0.15) is 0 Å². The maximum Gasteiger partial charge on any atom is 0.161 e. The van der Waals surface area contributed by atoms with Gasteiger partial charge in [0.1, 0.15) is 5.75 Å². The summed E-state index contributed by atoms with van der Waals surface area (Å²) in [5.41, 5.74) is 5.61. The Bertz CT molecular complexity index is 862. The second-order valence-corrected chi connectivity index (χ2v) is 6.78. The van der Waals surface area contributed by atoms with Gasteiger partial charge < -0.3 is 14.2 Å². The molecule has 2 aliphatic heterocycles. The highest BCUT2D eigenvalue weighted by molar-refractivity contribution is 5.82. The normalized spacial score (nSPS) is 18.3. The molecule has 0 amide bonds. The number of hydrogen-bond donors (Lipinski definition) is 0. The van der Waals surface area contributed by atoms with E-state index in [2.05, 4.69) is 23.1 Å². The SMILES string of the molecule is COc1cc2c(cc1OC)[C@@H]1Cc3ccc(OC)c(C=O)c3CN1CC2. The quantitative estimate of drug-likeness (QED) is 0.790. The highest BCUT2D eigenvalue weighted by atomic mass is 16.5. The van der Waals surface area contributed by atoms with Gasteiger partial charge in [0, 0.05) is 19.1 Å². The summed E-state index contributed by atoms with van der Waals surface area (Å²) in [7, 11) is 4.95. The smallest absolute Gasteiger partial charge is 0.161 e. The fourth-order valence-electron chi connectivity index (χ4n) is 4.29. The Morgan fingerprint density at radius 1 is 1.00 bits per heavy atom. The van der Waals surface area contributed by atoms with Crippen molar-refractivity contribution in [1.29, 1.82) is 0 Å². The minimum absolute atomic E-state index is 0.291. The van der Waals surface area contributed by atoms with Gasteiger partial charge in [0.2, 0.25) is 0 Å². The van der Waals surface area contributed by atoms with Crippen LogP contribution in [0.25, 0.3) is 0 Å². The van der Waals surface area contributed by atoms with Crippen molar-refractivity contribution in [3.63, 3.8) is 0 Å². The first-order valence-electron chi connectivity index (χ1n) is 8.83. The second-order valence-electron chi connectivity index (χ2n) is 6.78. The minimum atomic E-state index is 0.291. The topological polar surface area (TPSA) is 48.0 Å². The molecule has 4 rings (SSSR count). The summed E-state index contributed by atoms with van der Waals surface area (Å²) in [6, 6.07) is 8.50. The molecule has 5 heteroatoms. The van der Waals surface area contributed by atoms with Crippen LogP contribution >= 0.6 is 0 Å². The van der Waals surface area contributed by atoms with Crippen molar-refractivity contribution in [2.75, 3.05) is 27.9 Å². The van der Waals surface area contributed by atoms with Gasteiger partial charge in [0.15, 0.2) is 17.8 Å². The van der Waals surface area contributed by atoms with Gasteiger partial charge in [0.05, 0.1) is 26.9 Å². The molecule has 0 aliphatic carbocycles. The number of carbonyl (C=O) groups is 1. The first kappa shape index (κ1) is 16.9. The van der Waals surface area contributed by atoms with Crippen molar-refractivity contribution in [2.45, 2.75) is 25.4 Å². The zero-order valence-electron chi connectivity index (χ0n) is 15.4. The van der Waals surface area contributed by atoms with E-state index in [1.54, 1.807) is 21.3 Å². The molecule has 2 aromatic rings. The van der Waals surface area contributed by atoms with Crippen molar-refractivity contribution < 1.29 is 19.0 Å². The van der Waals surface area contributed by atoms with E-state index in [-0.39, 0.29) is 0 Å². The number of hydrogen-bond acceptors (Lipinski definition) is 5. The Morgan fingerprint density at radius 2 is 1.73 bits per heavy atom. The summed E-state index contributed by atoms with van der Waals surface area (Å²) in [6.45, 7) is 1.72. The Hall–Kier alpha value is -2.53. The number of carbonyl (C=O) groups excluding carboxylic acids is 1. The minimum Gasteiger partial charge on any atom is -0.496 e. The molecule has 0 saturated carbocycles. The first-order valence-corrected chi connectivity index (χ1v) is 8.83. The van der Waals surface area contributed by atoms with Crippen LogP contribution in [0, 0.1) is 0 Å². The molecule has 2 heterocycles. The van der Waals surface area contributed by atoms with Crippen molar-refractivity contribution in [1.82, 2.24) is 4.90 Å². The zero-order chi connectivity index (χ0) is 18.3.